The Morgan fingerprint density at radius 1 is 1.40 bits per heavy atom. The fourth-order valence-electron chi connectivity index (χ4n) is 1.58. The van der Waals surface area contributed by atoms with E-state index < -0.39 is 0 Å². The predicted octanol–water partition coefficient (Wildman–Crippen LogP) is 3.62. The molecular weight excluding hydrogens is 360 g/mol. The number of hydrogen-bond donors (Lipinski definition) is 1. The molecule has 0 unspecified atom stereocenters. The second-order valence-electron chi connectivity index (χ2n) is 4.00. The third-order valence-electron chi connectivity index (χ3n) is 2.47. The van der Waals surface area contributed by atoms with Gasteiger partial charge in [-0.2, -0.15) is 5.10 Å². The fraction of sp³-hybridized carbons (Fsp3) is 0.0833. The van der Waals surface area contributed by atoms with Crippen LogP contribution < -0.4 is 5.32 Å². The van der Waals surface area contributed by atoms with Crippen molar-refractivity contribution in [3.05, 3.63) is 39.3 Å². The molecule has 0 aliphatic rings. The van der Waals surface area contributed by atoms with Crippen LogP contribution in [-0.2, 0) is 7.05 Å². The van der Waals surface area contributed by atoms with Crippen LogP contribution in [0.4, 0.5) is 5.82 Å². The van der Waals surface area contributed by atoms with Gasteiger partial charge in [-0.25, -0.2) is 4.98 Å². The number of thiophene rings is 1. The number of amides is 1. The molecule has 0 spiro atoms. The Bertz CT molecular complexity index is 761. The zero-order valence-corrected chi connectivity index (χ0v) is 13.6. The summed E-state index contributed by atoms with van der Waals surface area (Å²) in [5, 5.41) is 11.4. The Hall–Kier alpha value is -1.51. The molecule has 0 saturated heterocycles. The van der Waals surface area contributed by atoms with Crippen molar-refractivity contribution in [2.75, 3.05) is 5.32 Å². The molecule has 102 valence electrons. The van der Waals surface area contributed by atoms with E-state index in [9.17, 15) is 4.79 Å². The molecule has 0 saturated carbocycles. The average molecular weight is 369 g/mol. The average Bonchev–Trinajstić information content (AvgIpc) is 3.10. The highest BCUT2D eigenvalue weighted by Gasteiger charge is 2.14. The Labute approximate surface area is 131 Å². The van der Waals surface area contributed by atoms with Gasteiger partial charge in [-0.05, 0) is 22.0 Å². The molecular formula is C12H9BrN4OS2. The van der Waals surface area contributed by atoms with Gasteiger partial charge in [0.15, 0.2) is 5.82 Å². The maximum Gasteiger partial charge on any atom is 0.276 e. The fourth-order valence-corrected chi connectivity index (χ4v) is 3.89. The number of aryl methyl sites for hydroxylation is 1. The molecule has 0 aliphatic heterocycles. The molecule has 8 heteroatoms. The minimum Gasteiger partial charge on any atom is -0.304 e. The van der Waals surface area contributed by atoms with E-state index in [4.69, 9.17) is 0 Å². The lowest BCUT2D eigenvalue weighted by atomic mass is 10.4. The molecule has 0 radical (unpaired) electrons. The van der Waals surface area contributed by atoms with Gasteiger partial charge in [0.25, 0.3) is 5.91 Å². The largest absolute Gasteiger partial charge is 0.304 e. The van der Waals surface area contributed by atoms with Gasteiger partial charge in [0.2, 0.25) is 0 Å². The van der Waals surface area contributed by atoms with Crippen molar-refractivity contribution in [3.8, 4) is 9.88 Å². The molecule has 20 heavy (non-hydrogen) atoms. The van der Waals surface area contributed by atoms with E-state index in [1.54, 1.807) is 40.7 Å². The highest BCUT2D eigenvalue weighted by atomic mass is 79.9. The molecule has 1 N–H and O–H groups in total. The number of halogens is 1. The lowest BCUT2D eigenvalue weighted by Gasteiger charge is -1.97. The van der Waals surface area contributed by atoms with Gasteiger partial charge in [-0.3, -0.25) is 9.48 Å². The van der Waals surface area contributed by atoms with Crippen LogP contribution in [0, 0.1) is 0 Å². The van der Waals surface area contributed by atoms with E-state index >= 15 is 0 Å². The summed E-state index contributed by atoms with van der Waals surface area (Å²) >= 11 is 6.45. The maximum absolute atomic E-state index is 12.1. The van der Waals surface area contributed by atoms with Crippen LogP contribution in [0.25, 0.3) is 9.88 Å². The molecule has 0 atom stereocenters. The van der Waals surface area contributed by atoms with Gasteiger partial charge in [-0.15, -0.1) is 22.7 Å². The topological polar surface area (TPSA) is 59.8 Å². The van der Waals surface area contributed by atoms with Crippen molar-refractivity contribution < 1.29 is 4.79 Å². The maximum atomic E-state index is 12.1. The minimum atomic E-state index is -0.248. The Kier molecular flexibility index (Phi) is 3.68. The molecule has 3 heterocycles. The van der Waals surface area contributed by atoms with Crippen molar-refractivity contribution in [1.82, 2.24) is 14.8 Å². The third kappa shape index (κ3) is 2.82. The zero-order chi connectivity index (χ0) is 14.1. The Morgan fingerprint density at radius 3 is 2.90 bits per heavy atom. The standard InChI is InChI=1S/C12H9BrN4OS2/c1-17-3-2-10(16-17)15-11(18)8-6-20-12(14-8)9-4-7(13)5-19-9/h2-6H,1H3,(H,15,16,18). The monoisotopic (exact) mass is 368 g/mol. The first kappa shape index (κ1) is 13.5. The van der Waals surface area contributed by atoms with E-state index in [2.05, 4.69) is 31.3 Å². The zero-order valence-electron chi connectivity index (χ0n) is 10.3. The van der Waals surface area contributed by atoms with E-state index in [-0.39, 0.29) is 5.91 Å². The summed E-state index contributed by atoms with van der Waals surface area (Å²) in [7, 11) is 1.80. The minimum absolute atomic E-state index is 0.248. The number of nitrogens with zero attached hydrogens (tertiary/aromatic N) is 3. The summed E-state index contributed by atoms with van der Waals surface area (Å²) in [4.78, 5) is 17.4. The van der Waals surface area contributed by atoms with E-state index in [0.717, 1.165) is 14.4 Å². The summed E-state index contributed by atoms with van der Waals surface area (Å²) in [6.07, 6.45) is 1.77. The van der Waals surface area contributed by atoms with E-state index in [0.29, 0.717) is 11.5 Å². The van der Waals surface area contributed by atoms with Crippen molar-refractivity contribution in [2.24, 2.45) is 7.05 Å². The summed E-state index contributed by atoms with van der Waals surface area (Å²) in [6, 6.07) is 3.73. The second kappa shape index (κ2) is 5.47. The highest BCUT2D eigenvalue weighted by Crippen LogP contribution is 2.32. The number of nitrogens with one attached hydrogen (secondary N) is 1. The number of thiazole rings is 1. The number of carbonyl (C=O) groups excluding carboxylic acids is 1. The van der Waals surface area contributed by atoms with Gasteiger partial charge in [-0.1, -0.05) is 0 Å². The highest BCUT2D eigenvalue weighted by molar-refractivity contribution is 9.10. The molecule has 0 fully saturated rings. The lowest BCUT2D eigenvalue weighted by Crippen LogP contribution is -2.12. The quantitative estimate of drug-likeness (QED) is 0.767. The van der Waals surface area contributed by atoms with Gasteiger partial charge in [0.1, 0.15) is 10.7 Å². The summed E-state index contributed by atoms with van der Waals surface area (Å²) in [6.45, 7) is 0. The van der Waals surface area contributed by atoms with Crippen LogP contribution in [-0.4, -0.2) is 20.7 Å². The molecule has 3 rings (SSSR count). The summed E-state index contributed by atoms with van der Waals surface area (Å²) in [5.74, 6) is 0.271. The molecule has 1 amide bonds. The van der Waals surface area contributed by atoms with Crippen molar-refractivity contribution in [2.45, 2.75) is 0 Å². The number of anilines is 1. The van der Waals surface area contributed by atoms with Crippen molar-refractivity contribution in [1.29, 1.82) is 0 Å². The first-order chi connectivity index (χ1) is 9.61. The van der Waals surface area contributed by atoms with Crippen LogP contribution in [0.1, 0.15) is 10.5 Å². The first-order valence-electron chi connectivity index (χ1n) is 5.63. The normalized spacial score (nSPS) is 10.7. The van der Waals surface area contributed by atoms with Gasteiger partial charge < -0.3 is 5.32 Å². The van der Waals surface area contributed by atoms with Crippen LogP contribution >= 0.6 is 38.6 Å². The van der Waals surface area contributed by atoms with Crippen molar-refractivity contribution >= 4 is 50.3 Å². The smallest absolute Gasteiger partial charge is 0.276 e. The van der Waals surface area contributed by atoms with E-state index in [1.165, 1.54) is 11.3 Å². The molecule has 0 aromatic carbocycles. The SMILES string of the molecule is Cn1ccc(NC(=O)c2csc(-c3cc(Br)cs3)n2)n1. The molecule has 5 nitrogen and oxygen atoms in total. The number of aromatic nitrogens is 3. The van der Waals surface area contributed by atoms with Crippen LogP contribution in [0.2, 0.25) is 0 Å². The first-order valence-corrected chi connectivity index (χ1v) is 8.18. The molecule has 0 aliphatic carbocycles. The van der Waals surface area contributed by atoms with E-state index in [1.807, 2.05) is 11.4 Å². The van der Waals surface area contributed by atoms with Crippen LogP contribution in [0.15, 0.2) is 33.6 Å². The predicted molar refractivity (Wildman–Crippen MR) is 84.3 cm³/mol. The van der Waals surface area contributed by atoms with Gasteiger partial charge >= 0.3 is 0 Å². The second-order valence-corrected chi connectivity index (χ2v) is 6.68. The van der Waals surface area contributed by atoms with Crippen LogP contribution in [0.3, 0.4) is 0 Å². The number of carbonyl (C=O) groups is 1. The number of hydrogen-bond acceptors (Lipinski definition) is 5. The summed E-state index contributed by atoms with van der Waals surface area (Å²) in [5.41, 5.74) is 0.403. The Balaban J connectivity index is 1.78. The molecule has 3 aromatic heterocycles. The molecule has 3 aromatic rings. The van der Waals surface area contributed by atoms with Crippen molar-refractivity contribution in [3.63, 3.8) is 0 Å². The number of rotatable bonds is 3. The van der Waals surface area contributed by atoms with Gasteiger partial charge in [0, 0.05) is 34.5 Å². The van der Waals surface area contributed by atoms with Gasteiger partial charge in [0.05, 0.1) is 4.88 Å². The lowest BCUT2D eigenvalue weighted by molar-refractivity contribution is 0.102. The Morgan fingerprint density at radius 2 is 2.25 bits per heavy atom. The third-order valence-corrected chi connectivity index (χ3v) is 5.17. The van der Waals surface area contributed by atoms with Crippen LogP contribution in [0.5, 0.6) is 0 Å². The molecule has 0 bridgehead atoms. The summed E-state index contributed by atoms with van der Waals surface area (Å²) < 4.78 is 2.65.